The van der Waals surface area contributed by atoms with E-state index in [-0.39, 0.29) is 23.3 Å². The largest absolute Gasteiger partial charge is 0.302 e. The summed E-state index contributed by atoms with van der Waals surface area (Å²) >= 11 is 5.14. The van der Waals surface area contributed by atoms with Crippen LogP contribution in [0.5, 0.6) is 0 Å². The molecule has 0 fully saturated rings. The Morgan fingerprint density at radius 3 is 2.12 bits per heavy atom. The average molecular weight is 440 g/mol. The maximum Gasteiger partial charge on any atom is 0.269 e. The van der Waals surface area contributed by atoms with Gasteiger partial charge < -0.3 is 5.32 Å². The Morgan fingerprint density at radius 2 is 1.34 bits per heavy atom. The fourth-order valence-electron chi connectivity index (χ4n) is 3.45. The Hall–Kier alpha value is -4.03. The minimum atomic E-state index is -0.352. The SMILES string of the molecule is O=C(Cc1cccc2ccccc12)NC(=S)NNC(=O)c1ccc(-c2ccccc2)cc1. The predicted molar refractivity (Wildman–Crippen MR) is 131 cm³/mol. The van der Waals surface area contributed by atoms with Gasteiger partial charge in [-0.2, -0.15) is 0 Å². The summed E-state index contributed by atoms with van der Waals surface area (Å²) in [6.07, 6.45) is 0.179. The van der Waals surface area contributed by atoms with Crippen molar-refractivity contribution in [2.45, 2.75) is 6.42 Å². The molecule has 0 bridgehead atoms. The highest BCUT2D eigenvalue weighted by molar-refractivity contribution is 7.80. The summed E-state index contributed by atoms with van der Waals surface area (Å²) in [6.45, 7) is 0. The Balaban J connectivity index is 1.29. The van der Waals surface area contributed by atoms with E-state index in [0.717, 1.165) is 27.5 Å². The van der Waals surface area contributed by atoms with Crippen LogP contribution in [0.4, 0.5) is 0 Å². The second-order valence-electron chi connectivity index (χ2n) is 7.21. The zero-order valence-corrected chi connectivity index (χ0v) is 18.0. The highest BCUT2D eigenvalue weighted by Gasteiger charge is 2.10. The molecule has 0 spiro atoms. The van der Waals surface area contributed by atoms with Crippen LogP contribution in [0.25, 0.3) is 21.9 Å². The number of benzene rings is 4. The van der Waals surface area contributed by atoms with E-state index in [9.17, 15) is 9.59 Å². The molecule has 0 atom stereocenters. The molecule has 0 aliphatic carbocycles. The Morgan fingerprint density at radius 1 is 0.688 bits per heavy atom. The molecule has 0 unspecified atom stereocenters. The average Bonchev–Trinajstić information content (AvgIpc) is 2.83. The minimum Gasteiger partial charge on any atom is -0.302 e. The molecule has 5 nitrogen and oxygen atoms in total. The van der Waals surface area contributed by atoms with Crippen molar-refractivity contribution in [2.75, 3.05) is 0 Å². The number of fused-ring (bicyclic) bond motifs is 1. The lowest BCUT2D eigenvalue weighted by Gasteiger charge is -2.12. The van der Waals surface area contributed by atoms with Crippen LogP contribution in [0.3, 0.4) is 0 Å². The normalized spacial score (nSPS) is 10.4. The Bertz CT molecular complexity index is 1270. The fraction of sp³-hybridized carbons (Fsp3) is 0.0385. The first-order valence-electron chi connectivity index (χ1n) is 10.1. The lowest BCUT2D eigenvalue weighted by Crippen LogP contribution is -2.48. The third-order valence-electron chi connectivity index (χ3n) is 5.03. The first-order valence-corrected chi connectivity index (χ1v) is 10.5. The van der Waals surface area contributed by atoms with E-state index < -0.39 is 0 Å². The van der Waals surface area contributed by atoms with Gasteiger partial charge in [0.25, 0.3) is 5.91 Å². The highest BCUT2D eigenvalue weighted by Crippen LogP contribution is 2.20. The molecule has 4 aromatic carbocycles. The van der Waals surface area contributed by atoms with Gasteiger partial charge in [-0.1, -0.05) is 84.9 Å². The predicted octanol–water partition coefficient (Wildman–Crippen LogP) is 4.39. The zero-order valence-electron chi connectivity index (χ0n) is 17.2. The molecule has 158 valence electrons. The maximum atomic E-state index is 12.4. The lowest BCUT2D eigenvalue weighted by atomic mass is 10.0. The molecule has 0 aliphatic rings. The molecular weight excluding hydrogens is 418 g/mol. The molecule has 2 amide bonds. The van der Waals surface area contributed by atoms with Crippen molar-refractivity contribution in [1.82, 2.24) is 16.2 Å². The van der Waals surface area contributed by atoms with Gasteiger partial charge in [-0.25, -0.2) is 0 Å². The highest BCUT2D eigenvalue weighted by atomic mass is 32.1. The van der Waals surface area contributed by atoms with Crippen LogP contribution < -0.4 is 16.2 Å². The van der Waals surface area contributed by atoms with Gasteiger partial charge in [0.1, 0.15) is 0 Å². The van der Waals surface area contributed by atoms with E-state index in [1.165, 1.54) is 0 Å². The summed E-state index contributed by atoms with van der Waals surface area (Å²) in [5.74, 6) is -0.615. The van der Waals surface area contributed by atoms with Crippen LogP contribution in [0.2, 0.25) is 0 Å². The summed E-state index contributed by atoms with van der Waals surface area (Å²) in [6, 6.07) is 30.9. The number of nitrogens with one attached hydrogen (secondary N) is 3. The topological polar surface area (TPSA) is 70.2 Å². The summed E-state index contributed by atoms with van der Waals surface area (Å²) in [5.41, 5.74) is 8.57. The first kappa shape index (κ1) is 21.2. The summed E-state index contributed by atoms with van der Waals surface area (Å²) in [4.78, 5) is 24.8. The van der Waals surface area contributed by atoms with E-state index in [4.69, 9.17) is 12.2 Å². The van der Waals surface area contributed by atoms with Gasteiger partial charge in [-0.05, 0) is 51.8 Å². The van der Waals surface area contributed by atoms with Gasteiger partial charge in [-0.15, -0.1) is 0 Å². The van der Waals surface area contributed by atoms with E-state index in [1.54, 1.807) is 12.1 Å². The summed E-state index contributed by atoms with van der Waals surface area (Å²) in [7, 11) is 0. The molecule has 0 saturated heterocycles. The number of hydrazine groups is 1. The van der Waals surface area contributed by atoms with Crippen molar-refractivity contribution < 1.29 is 9.59 Å². The number of hydrogen-bond donors (Lipinski definition) is 3. The smallest absolute Gasteiger partial charge is 0.269 e. The van der Waals surface area contributed by atoms with Crippen molar-refractivity contribution in [2.24, 2.45) is 0 Å². The van der Waals surface area contributed by atoms with Crippen molar-refractivity contribution in [3.8, 4) is 11.1 Å². The van der Waals surface area contributed by atoms with Crippen LogP contribution >= 0.6 is 12.2 Å². The van der Waals surface area contributed by atoms with Gasteiger partial charge in [-0.3, -0.25) is 20.4 Å². The van der Waals surface area contributed by atoms with E-state index in [1.807, 2.05) is 84.9 Å². The molecule has 4 aromatic rings. The molecule has 0 radical (unpaired) electrons. The Labute approximate surface area is 191 Å². The molecule has 0 heterocycles. The molecule has 32 heavy (non-hydrogen) atoms. The van der Waals surface area contributed by atoms with Crippen molar-refractivity contribution in [3.63, 3.8) is 0 Å². The van der Waals surface area contributed by atoms with Gasteiger partial charge >= 0.3 is 0 Å². The van der Waals surface area contributed by atoms with Gasteiger partial charge in [0.2, 0.25) is 5.91 Å². The summed E-state index contributed by atoms with van der Waals surface area (Å²) in [5, 5.41) is 4.73. The molecule has 0 saturated carbocycles. The van der Waals surface area contributed by atoms with Crippen LogP contribution in [-0.4, -0.2) is 16.9 Å². The number of thiocarbonyl (C=S) groups is 1. The fourth-order valence-corrected chi connectivity index (χ4v) is 3.62. The second kappa shape index (κ2) is 9.85. The third kappa shape index (κ3) is 5.17. The Kier molecular flexibility index (Phi) is 6.53. The molecule has 4 rings (SSSR count). The minimum absolute atomic E-state index is 0.0319. The van der Waals surface area contributed by atoms with E-state index >= 15 is 0 Å². The van der Waals surface area contributed by atoms with Crippen molar-refractivity contribution in [3.05, 3.63) is 108 Å². The molecule has 3 N–H and O–H groups in total. The van der Waals surface area contributed by atoms with Gasteiger partial charge in [0, 0.05) is 5.56 Å². The standard InChI is InChI=1S/C26H21N3O2S/c30-24(17-22-11-6-10-20-9-4-5-12-23(20)22)27-26(32)29-28-25(31)21-15-13-19(14-16-21)18-7-2-1-3-8-18/h1-16H,17H2,(H,28,31)(H2,27,29,30,32). The quantitative estimate of drug-likeness (QED) is 0.326. The van der Waals surface area contributed by atoms with E-state index in [0.29, 0.717) is 5.56 Å². The van der Waals surface area contributed by atoms with Crippen LogP contribution in [0.15, 0.2) is 97.1 Å². The van der Waals surface area contributed by atoms with Crippen LogP contribution in [0.1, 0.15) is 15.9 Å². The molecule has 0 aliphatic heterocycles. The number of hydrogen-bond acceptors (Lipinski definition) is 3. The maximum absolute atomic E-state index is 12.4. The monoisotopic (exact) mass is 439 g/mol. The molecule has 6 heteroatoms. The lowest BCUT2D eigenvalue weighted by molar-refractivity contribution is -0.119. The van der Waals surface area contributed by atoms with Gasteiger partial charge in [0.15, 0.2) is 5.11 Å². The van der Waals surface area contributed by atoms with E-state index in [2.05, 4.69) is 16.2 Å². The summed E-state index contributed by atoms with van der Waals surface area (Å²) < 4.78 is 0. The van der Waals surface area contributed by atoms with Crippen LogP contribution in [-0.2, 0) is 11.2 Å². The molecular formula is C26H21N3O2S. The number of carbonyl (C=O) groups is 2. The first-order chi connectivity index (χ1) is 15.6. The van der Waals surface area contributed by atoms with Crippen molar-refractivity contribution in [1.29, 1.82) is 0 Å². The number of amides is 2. The zero-order chi connectivity index (χ0) is 22.3. The molecule has 0 aromatic heterocycles. The van der Waals surface area contributed by atoms with Crippen molar-refractivity contribution >= 4 is 39.9 Å². The van der Waals surface area contributed by atoms with Crippen LogP contribution in [0, 0.1) is 0 Å². The third-order valence-corrected chi connectivity index (χ3v) is 5.23. The number of carbonyl (C=O) groups excluding carboxylic acids is 2. The van der Waals surface area contributed by atoms with Gasteiger partial charge in [0.05, 0.1) is 6.42 Å². The second-order valence-corrected chi connectivity index (χ2v) is 7.62. The number of rotatable bonds is 4.